The molecule has 2 aromatic rings. The number of carbonyl (C=O) groups is 1. The highest BCUT2D eigenvalue weighted by Crippen LogP contribution is 2.23. The Morgan fingerprint density at radius 1 is 1.47 bits per heavy atom. The number of carbonyl (C=O) groups excluding carboxylic acids is 1. The van der Waals surface area contributed by atoms with Crippen LogP contribution in [0.4, 0.5) is 5.13 Å². The maximum Gasteiger partial charge on any atom is 0.295 e. The molecule has 0 aliphatic rings. The van der Waals surface area contributed by atoms with Gasteiger partial charge in [-0.15, -0.1) is 5.10 Å². The van der Waals surface area contributed by atoms with Crippen molar-refractivity contribution in [2.24, 2.45) is 0 Å². The topological polar surface area (TPSA) is 64.1 Å². The lowest BCUT2D eigenvalue weighted by Crippen LogP contribution is -2.14. The normalized spacial score (nSPS) is 10.3. The van der Waals surface area contributed by atoms with Gasteiger partial charge in [-0.3, -0.25) is 10.1 Å². The van der Waals surface area contributed by atoms with Crippen LogP contribution in [0.15, 0.2) is 22.7 Å². The lowest BCUT2D eigenvalue weighted by molar-refractivity contribution is 0.102. The third-order valence-corrected chi connectivity index (χ3v) is 3.79. The fourth-order valence-corrected chi connectivity index (χ4v) is 2.49. The highest BCUT2D eigenvalue weighted by Gasteiger charge is 2.14. The fourth-order valence-electron chi connectivity index (χ4n) is 1.58. The third kappa shape index (κ3) is 3.30. The maximum atomic E-state index is 12.2. The van der Waals surface area contributed by atoms with Crippen molar-refractivity contribution in [3.8, 4) is 5.19 Å². The van der Waals surface area contributed by atoms with Gasteiger partial charge in [0.25, 0.3) is 11.1 Å². The first-order valence-electron chi connectivity index (χ1n) is 5.61. The highest BCUT2D eigenvalue weighted by atomic mass is 79.9. The number of hydrogen-bond acceptors (Lipinski definition) is 5. The molecule has 0 saturated carbocycles. The second-order valence-electron chi connectivity index (χ2n) is 3.69. The highest BCUT2D eigenvalue weighted by molar-refractivity contribution is 9.10. The van der Waals surface area contributed by atoms with Crippen LogP contribution < -0.4 is 10.1 Å². The van der Waals surface area contributed by atoms with Crippen molar-refractivity contribution < 1.29 is 9.53 Å². The largest absolute Gasteiger partial charge is 0.472 e. The summed E-state index contributed by atoms with van der Waals surface area (Å²) in [7, 11) is 1.51. The summed E-state index contributed by atoms with van der Waals surface area (Å²) in [5.41, 5.74) is 1.61. The molecule has 0 radical (unpaired) electrons. The molecular formula is C12H12BrN3O2S. The van der Waals surface area contributed by atoms with E-state index in [0.29, 0.717) is 15.9 Å². The van der Waals surface area contributed by atoms with Crippen molar-refractivity contribution in [2.45, 2.75) is 13.3 Å². The number of nitrogens with one attached hydrogen (secondary N) is 1. The van der Waals surface area contributed by atoms with Crippen LogP contribution >= 0.6 is 27.3 Å². The number of anilines is 1. The molecule has 0 aliphatic heterocycles. The quantitative estimate of drug-likeness (QED) is 0.927. The molecule has 100 valence electrons. The molecule has 1 N–H and O–H groups in total. The Balaban J connectivity index is 2.21. The SMILES string of the molecule is CCc1ccc(Br)cc1C(=O)Nc1nnc(OC)s1. The molecule has 0 unspecified atom stereocenters. The van der Waals surface area contributed by atoms with Gasteiger partial charge in [-0.25, -0.2) is 0 Å². The maximum absolute atomic E-state index is 12.2. The molecule has 2 rings (SSSR count). The first-order chi connectivity index (χ1) is 9.13. The Labute approximate surface area is 123 Å². The second kappa shape index (κ2) is 6.12. The van der Waals surface area contributed by atoms with Crippen LogP contribution in [0.5, 0.6) is 5.19 Å². The van der Waals surface area contributed by atoms with E-state index in [9.17, 15) is 4.79 Å². The molecule has 7 heteroatoms. The first kappa shape index (κ1) is 14.0. The van der Waals surface area contributed by atoms with Crippen molar-refractivity contribution in [3.63, 3.8) is 0 Å². The van der Waals surface area contributed by atoms with E-state index in [1.54, 1.807) is 6.07 Å². The number of benzene rings is 1. The van der Waals surface area contributed by atoms with E-state index < -0.39 is 0 Å². The Kier molecular flexibility index (Phi) is 4.49. The number of hydrogen-bond donors (Lipinski definition) is 1. The summed E-state index contributed by atoms with van der Waals surface area (Å²) in [5, 5.41) is 11.2. The molecule has 19 heavy (non-hydrogen) atoms. The zero-order valence-corrected chi connectivity index (χ0v) is 12.8. The van der Waals surface area contributed by atoms with Gasteiger partial charge in [-0.1, -0.05) is 34.0 Å². The van der Waals surface area contributed by atoms with E-state index in [-0.39, 0.29) is 5.91 Å². The average Bonchev–Trinajstić information content (AvgIpc) is 2.86. The van der Waals surface area contributed by atoms with Gasteiger partial charge >= 0.3 is 0 Å². The van der Waals surface area contributed by atoms with E-state index in [0.717, 1.165) is 16.5 Å². The van der Waals surface area contributed by atoms with Gasteiger partial charge in [-0.05, 0) is 35.5 Å². The fraction of sp³-hybridized carbons (Fsp3) is 0.250. The summed E-state index contributed by atoms with van der Waals surface area (Å²) in [6.07, 6.45) is 0.787. The van der Waals surface area contributed by atoms with Gasteiger partial charge in [0.1, 0.15) is 0 Å². The molecule has 0 atom stereocenters. The first-order valence-corrected chi connectivity index (χ1v) is 7.22. The molecule has 0 fully saturated rings. The summed E-state index contributed by atoms with van der Waals surface area (Å²) in [5.74, 6) is -0.197. The Morgan fingerprint density at radius 3 is 2.89 bits per heavy atom. The standard InChI is InChI=1S/C12H12BrN3O2S/c1-3-7-4-5-8(13)6-9(7)10(17)14-11-15-16-12(18-2)19-11/h4-6H,3H2,1-2H3,(H,14,15,17). The monoisotopic (exact) mass is 341 g/mol. The van der Waals surface area contributed by atoms with Gasteiger partial charge in [0.05, 0.1) is 7.11 Å². The number of ether oxygens (including phenoxy) is 1. The molecule has 5 nitrogen and oxygen atoms in total. The van der Waals surface area contributed by atoms with Gasteiger partial charge < -0.3 is 4.74 Å². The number of aryl methyl sites for hydroxylation is 1. The number of rotatable bonds is 4. The van der Waals surface area contributed by atoms with Gasteiger partial charge in [0, 0.05) is 10.0 Å². The minimum atomic E-state index is -0.197. The molecular weight excluding hydrogens is 330 g/mol. The van der Waals surface area contributed by atoms with Gasteiger partial charge in [0.2, 0.25) is 5.13 Å². The molecule has 0 bridgehead atoms. The summed E-state index contributed by atoms with van der Waals surface area (Å²) in [4.78, 5) is 12.2. The van der Waals surface area contributed by atoms with E-state index in [1.807, 2.05) is 19.1 Å². The van der Waals surface area contributed by atoms with Gasteiger partial charge in [-0.2, -0.15) is 0 Å². The van der Waals surface area contributed by atoms with Gasteiger partial charge in [0.15, 0.2) is 0 Å². The van der Waals surface area contributed by atoms with Crippen LogP contribution in [0.25, 0.3) is 0 Å². The van der Waals surface area contributed by atoms with Crippen LogP contribution in [-0.4, -0.2) is 23.2 Å². The number of methoxy groups -OCH3 is 1. The van der Waals surface area contributed by atoms with Crippen molar-refractivity contribution in [3.05, 3.63) is 33.8 Å². The van der Waals surface area contributed by atoms with Crippen molar-refractivity contribution in [2.75, 3.05) is 12.4 Å². The zero-order valence-electron chi connectivity index (χ0n) is 10.4. The summed E-state index contributed by atoms with van der Waals surface area (Å²) >= 11 is 4.55. The van der Waals surface area contributed by atoms with Crippen molar-refractivity contribution in [1.29, 1.82) is 0 Å². The number of amides is 1. The Hall–Kier alpha value is -1.47. The number of aromatic nitrogens is 2. The van der Waals surface area contributed by atoms with Crippen LogP contribution in [0, 0.1) is 0 Å². The Bertz CT molecular complexity index is 600. The van der Waals surface area contributed by atoms with Crippen LogP contribution in [-0.2, 0) is 6.42 Å². The lowest BCUT2D eigenvalue weighted by Gasteiger charge is -2.07. The van der Waals surface area contributed by atoms with Crippen molar-refractivity contribution in [1.82, 2.24) is 10.2 Å². The Morgan fingerprint density at radius 2 is 2.26 bits per heavy atom. The molecule has 0 spiro atoms. The minimum absolute atomic E-state index is 0.197. The van der Waals surface area contributed by atoms with Crippen LogP contribution in [0.1, 0.15) is 22.8 Å². The summed E-state index contributed by atoms with van der Waals surface area (Å²) < 4.78 is 5.80. The van der Waals surface area contributed by atoms with E-state index in [4.69, 9.17) is 4.74 Å². The van der Waals surface area contributed by atoms with Crippen molar-refractivity contribution >= 4 is 38.3 Å². The van der Waals surface area contributed by atoms with E-state index >= 15 is 0 Å². The van der Waals surface area contributed by atoms with E-state index in [1.165, 1.54) is 18.4 Å². The molecule has 1 heterocycles. The predicted octanol–water partition coefficient (Wildman–Crippen LogP) is 3.12. The predicted molar refractivity (Wildman–Crippen MR) is 77.9 cm³/mol. The smallest absolute Gasteiger partial charge is 0.295 e. The lowest BCUT2D eigenvalue weighted by atomic mass is 10.1. The molecule has 1 aromatic carbocycles. The molecule has 0 saturated heterocycles. The minimum Gasteiger partial charge on any atom is -0.472 e. The zero-order chi connectivity index (χ0) is 13.8. The molecule has 0 aliphatic carbocycles. The second-order valence-corrected chi connectivity index (χ2v) is 5.54. The molecule has 1 aromatic heterocycles. The van der Waals surface area contributed by atoms with Crippen LogP contribution in [0.3, 0.4) is 0 Å². The number of halogens is 1. The van der Waals surface area contributed by atoms with Crippen LogP contribution in [0.2, 0.25) is 0 Å². The van der Waals surface area contributed by atoms with E-state index in [2.05, 4.69) is 31.4 Å². The average molecular weight is 342 g/mol. The number of nitrogens with zero attached hydrogens (tertiary/aromatic N) is 2. The summed E-state index contributed by atoms with van der Waals surface area (Å²) in [6, 6.07) is 5.65. The summed E-state index contributed by atoms with van der Waals surface area (Å²) in [6.45, 7) is 2.01. The molecule has 1 amide bonds. The third-order valence-electron chi connectivity index (χ3n) is 2.50.